The second kappa shape index (κ2) is 9.36. The Labute approximate surface area is 168 Å². The monoisotopic (exact) mass is 395 g/mol. The Hall–Kier alpha value is -3.88. The smallest absolute Gasteiger partial charge is 0.258 e. The largest absolute Gasteiger partial charge is 0.493 e. The van der Waals surface area contributed by atoms with Crippen LogP contribution in [-0.2, 0) is 6.54 Å². The second-order valence-corrected chi connectivity index (χ2v) is 5.87. The Bertz CT molecular complexity index is 939. The number of nitrogens with zero attached hydrogens (tertiary/aromatic N) is 3. The summed E-state index contributed by atoms with van der Waals surface area (Å²) in [6, 6.07) is 7.08. The van der Waals surface area contributed by atoms with Gasteiger partial charge >= 0.3 is 0 Å². The topological polar surface area (TPSA) is 107 Å². The van der Waals surface area contributed by atoms with E-state index in [-0.39, 0.29) is 5.91 Å². The van der Waals surface area contributed by atoms with E-state index in [0.717, 1.165) is 5.56 Å². The highest BCUT2D eigenvalue weighted by Gasteiger charge is 2.15. The minimum Gasteiger partial charge on any atom is -0.493 e. The van der Waals surface area contributed by atoms with Gasteiger partial charge in [0.15, 0.2) is 11.5 Å². The molecule has 0 spiro atoms. The van der Waals surface area contributed by atoms with Gasteiger partial charge in [-0.15, -0.1) is 0 Å². The van der Waals surface area contributed by atoms with Crippen LogP contribution in [0.15, 0.2) is 49.1 Å². The maximum Gasteiger partial charge on any atom is 0.258 e. The molecular weight excluding hydrogens is 374 g/mol. The molecule has 0 aliphatic heterocycles. The molecule has 3 aromatic rings. The molecular formula is C20H21N5O4. The fourth-order valence-corrected chi connectivity index (χ4v) is 2.57. The Morgan fingerprint density at radius 3 is 2.14 bits per heavy atom. The van der Waals surface area contributed by atoms with Gasteiger partial charge in [0.05, 0.1) is 26.9 Å². The third-order valence-electron chi connectivity index (χ3n) is 4.04. The van der Waals surface area contributed by atoms with E-state index in [9.17, 15) is 4.79 Å². The van der Waals surface area contributed by atoms with Crippen molar-refractivity contribution in [1.29, 1.82) is 0 Å². The zero-order valence-electron chi connectivity index (χ0n) is 16.3. The molecule has 2 aromatic heterocycles. The van der Waals surface area contributed by atoms with Gasteiger partial charge < -0.3 is 24.8 Å². The van der Waals surface area contributed by atoms with Crippen LogP contribution in [0, 0.1) is 0 Å². The van der Waals surface area contributed by atoms with Gasteiger partial charge in [-0.05, 0) is 17.7 Å². The molecule has 0 aliphatic rings. The number of nitrogens with one attached hydrogen (secondary N) is 2. The van der Waals surface area contributed by atoms with E-state index in [0.29, 0.717) is 41.0 Å². The van der Waals surface area contributed by atoms with E-state index < -0.39 is 0 Å². The van der Waals surface area contributed by atoms with Gasteiger partial charge in [0, 0.05) is 49.2 Å². The number of pyridine rings is 1. The molecule has 0 aliphatic carbocycles. The van der Waals surface area contributed by atoms with E-state index in [1.165, 1.54) is 33.7 Å². The van der Waals surface area contributed by atoms with E-state index in [1.54, 1.807) is 24.5 Å². The number of rotatable bonds is 8. The molecule has 1 aromatic carbocycles. The van der Waals surface area contributed by atoms with Crippen LogP contribution in [-0.4, -0.2) is 42.2 Å². The van der Waals surface area contributed by atoms with Crippen LogP contribution in [0.1, 0.15) is 15.9 Å². The Morgan fingerprint density at radius 1 is 0.966 bits per heavy atom. The summed E-state index contributed by atoms with van der Waals surface area (Å²) in [6.45, 7) is 0.555. The molecule has 9 nitrogen and oxygen atoms in total. The van der Waals surface area contributed by atoms with Crippen molar-refractivity contribution in [2.24, 2.45) is 0 Å². The number of aromatic nitrogens is 3. The maximum atomic E-state index is 12.5. The standard InChI is InChI=1S/C20H21N5O4/c1-27-16-8-15(9-17(28-2)18(16)29-3)25-19(26)14-11-23-20(24-12-14)22-10-13-4-6-21-7-5-13/h4-9,11-12H,10H2,1-3H3,(H,25,26)(H,22,23,24). The lowest BCUT2D eigenvalue weighted by Crippen LogP contribution is -2.14. The normalized spacial score (nSPS) is 10.2. The Kier molecular flexibility index (Phi) is 6.41. The average Bonchev–Trinajstić information content (AvgIpc) is 2.77. The van der Waals surface area contributed by atoms with Gasteiger partial charge in [0.25, 0.3) is 5.91 Å². The Morgan fingerprint density at radius 2 is 1.59 bits per heavy atom. The number of carbonyl (C=O) groups is 1. The summed E-state index contributed by atoms with van der Waals surface area (Å²) in [5.74, 6) is 1.38. The summed E-state index contributed by atoms with van der Waals surface area (Å²) >= 11 is 0. The molecule has 0 saturated carbocycles. The molecule has 29 heavy (non-hydrogen) atoms. The van der Waals surface area contributed by atoms with Crippen LogP contribution in [0.25, 0.3) is 0 Å². The summed E-state index contributed by atoms with van der Waals surface area (Å²) in [6.07, 6.45) is 6.34. The molecule has 2 N–H and O–H groups in total. The molecule has 0 fully saturated rings. The summed E-state index contributed by atoms with van der Waals surface area (Å²) in [7, 11) is 4.53. The average molecular weight is 395 g/mol. The minimum absolute atomic E-state index is 0.313. The molecule has 0 unspecified atom stereocenters. The van der Waals surface area contributed by atoms with Crippen LogP contribution < -0.4 is 24.8 Å². The van der Waals surface area contributed by atoms with Gasteiger partial charge in [-0.3, -0.25) is 9.78 Å². The molecule has 1 amide bonds. The van der Waals surface area contributed by atoms with Crippen molar-refractivity contribution in [3.8, 4) is 17.2 Å². The van der Waals surface area contributed by atoms with Crippen LogP contribution in [0.4, 0.5) is 11.6 Å². The predicted octanol–water partition coefficient (Wildman–Crippen LogP) is 2.76. The lowest BCUT2D eigenvalue weighted by Gasteiger charge is -2.14. The maximum absolute atomic E-state index is 12.5. The number of carbonyl (C=O) groups excluding carboxylic acids is 1. The number of methoxy groups -OCH3 is 3. The number of benzene rings is 1. The van der Waals surface area contributed by atoms with Crippen LogP contribution in [0.3, 0.4) is 0 Å². The van der Waals surface area contributed by atoms with Crippen LogP contribution in [0.5, 0.6) is 17.2 Å². The summed E-state index contributed by atoms with van der Waals surface area (Å²) in [5, 5.41) is 5.87. The van der Waals surface area contributed by atoms with E-state index in [1.807, 2.05) is 12.1 Å². The molecule has 0 atom stereocenters. The first-order valence-corrected chi connectivity index (χ1v) is 8.70. The van der Waals surface area contributed by atoms with Crippen LogP contribution >= 0.6 is 0 Å². The highest BCUT2D eigenvalue weighted by atomic mass is 16.5. The molecule has 0 radical (unpaired) electrons. The molecule has 0 saturated heterocycles. The first kappa shape index (κ1) is 19.9. The minimum atomic E-state index is -0.361. The number of amides is 1. The highest BCUT2D eigenvalue weighted by Crippen LogP contribution is 2.39. The molecule has 9 heteroatoms. The van der Waals surface area contributed by atoms with Crippen molar-refractivity contribution in [2.45, 2.75) is 6.54 Å². The number of ether oxygens (including phenoxy) is 3. The number of anilines is 2. The van der Waals surface area contributed by atoms with Gasteiger partial charge in [0.1, 0.15) is 0 Å². The predicted molar refractivity (Wildman–Crippen MR) is 108 cm³/mol. The Balaban J connectivity index is 1.68. The van der Waals surface area contributed by atoms with Gasteiger partial charge in [-0.2, -0.15) is 0 Å². The number of hydrogen-bond donors (Lipinski definition) is 2. The van der Waals surface area contributed by atoms with Crippen molar-refractivity contribution in [3.05, 3.63) is 60.2 Å². The van der Waals surface area contributed by atoms with E-state index >= 15 is 0 Å². The molecule has 3 rings (SSSR count). The zero-order chi connectivity index (χ0) is 20.6. The first-order valence-electron chi connectivity index (χ1n) is 8.70. The van der Waals surface area contributed by atoms with Gasteiger partial charge in [-0.25, -0.2) is 9.97 Å². The SMILES string of the molecule is COc1cc(NC(=O)c2cnc(NCc3ccncc3)nc2)cc(OC)c1OC. The molecule has 150 valence electrons. The third-order valence-corrected chi connectivity index (χ3v) is 4.04. The summed E-state index contributed by atoms with van der Waals surface area (Å²) in [5.41, 5.74) is 1.85. The summed E-state index contributed by atoms with van der Waals surface area (Å²) in [4.78, 5) is 24.9. The van der Waals surface area contributed by atoms with Crippen molar-refractivity contribution >= 4 is 17.5 Å². The zero-order valence-corrected chi connectivity index (χ0v) is 16.3. The molecule has 0 bridgehead atoms. The number of hydrogen-bond acceptors (Lipinski definition) is 8. The van der Waals surface area contributed by atoms with Crippen molar-refractivity contribution in [2.75, 3.05) is 32.0 Å². The molecule has 2 heterocycles. The second-order valence-electron chi connectivity index (χ2n) is 5.87. The van der Waals surface area contributed by atoms with Gasteiger partial charge in [-0.1, -0.05) is 0 Å². The van der Waals surface area contributed by atoms with Crippen molar-refractivity contribution in [3.63, 3.8) is 0 Å². The highest BCUT2D eigenvalue weighted by molar-refractivity contribution is 6.04. The third kappa shape index (κ3) is 4.89. The van der Waals surface area contributed by atoms with E-state index in [4.69, 9.17) is 14.2 Å². The fourth-order valence-electron chi connectivity index (χ4n) is 2.57. The fraction of sp³-hybridized carbons (Fsp3) is 0.200. The summed E-state index contributed by atoms with van der Waals surface area (Å²) < 4.78 is 15.9. The quantitative estimate of drug-likeness (QED) is 0.600. The first-order chi connectivity index (χ1) is 14.1. The lowest BCUT2D eigenvalue weighted by molar-refractivity contribution is 0.102. The van der Waals surface area contributed by atoms with Crippen LogP contribution in [0.2, 0.25) is 0 Å². The van der Waals surface area contributed by atoms with Gasteiger partial charge in [0.2, 0.25) is 11.7 Å². The van der Waals surface area contributed by atoms with Crippen molar-refractivity contribution in [1.82, 2.24) is 15.0 Å². The van der Waals surface area contributed by atoms with Crippen molar-refractivity contribution < 1.29 is 19.0 Å². The lowest BCUT2D eigenvalue weighted by atomic mass is 10.2. The van der Waals surface area contributed by atoms with E-state index in [2.05, 4.69) is 25.6 Å².